The first-order valence-corrected chi connectivity index (χ1v) is 8.15. The predicted molar refractivity (Wildman–Crippen MR) is 84.7 cm³/mol. The van der Waals surface area contributed by atoms with Crippen LogP contribution in [-0.4, -0.2) is 62.2 Å². The maximum absolute atomic E-state index is 3.69. The summed E-state index contributed by atoms with van der Waals surface area (Å²) in [4.78, 5) is 5.02. The van der Waals surface area contributed by atoms with Crippen molar-refractivity contribution in [2.45, 2.75) is 58.5 Å². The molecular formula is C16H35N3. The molecule has 0 aromatic rings. The largest absolute Gasteiger partial charge is 0.314 e. The first-order valence-electron chi connectivity index (χ1n) is 8.15. The summed E-state index contributed by atoms with van der Waals surface area (Å²) in [5.74, 6) is 0.839. The van der Waals surface area contributed by atoms with Crippen LogP contribution >= 0.6 is 0 Å². The zero-order valence-corrected chi connectivity index (χ0v) is 13.8. The van der Waals surface area contributed by atoms with Crippen LogP contribution in [0.3, 0.4) is 0 Å². The van der Waals surface area contributed by atoms with Gasteiger partial charge in [0.2, 0.25) is 0 Å². The maximum Gasteiger partial charge on any atom is 0.0235 e. The Bertz CT molecular complexity index is 230. The molecule has 114 valence electrons. The highest BCUT2D eigenvalue weighted by molar-refractivity contribution is 4.83. The minimum Gasteiger partial charge on any atom is -0.314 e. The lowest BCUT2D eigenvalue weighted by molar-refractivity contribution is 0.0999. The lowest BCUT2D eigenvalue weighted by Gasteiger charge is -2.39. The van der Waals surface area contributed by atoms with Crippen molar-refractivity contribution < 1.29 is 0 Å². The number of nitrogens with zero attached hydrogens (tertiary/aromatic N) is 2. The van der Waals surface area contributed by atoms with Crippen molar-refractivity contribution in [1.29, 1.82) is 0 Å². The van der Waals surface area contributed by atoms with Gasteiger partial charge in [0.05, 0.1) is 0 Å². The molecule has 19 heavy (non-hydrogen) atoms. The molecule has 1 fully saturated rings. The van der Waals surface area contributed by atoms with Crippen LogP contribution in [0.5, 0.6) is 0 Å². The van der Waals surface area contributed by atoms with Crippen molar-refractivity contribution in [3.05, 3.63) is 0 Å². The molecule has 1 rings (SSSR count). The van der Waals surface area contributed by atoms with Crippen LogP contribution in [0.2, 0.25) is 0 Å². The van der Waals surface area contributed by atoms with Crippen LogP contribution < -0.4 is 5.32 Å². The van der Waals surface area contributed by atoms with Gasteiger partial charge in [-0.25, -0.2) is 0 Å². The van der Waals surface area contributed by atoms with E-state index >= 15 is 0 Å². The van der Waals surface area contributed by atoms with Gasteiger partial charge in [-0.3, -0.25) is 0 Å². The van der Waals surface area contributed by atoms with E-state index < -0.39 is 0 Å². The topological polar surface area (TPSA) is 18.5 Å². The van der Waals surface area contributed by atoms with Gasteiger partial charge in [0.25, 0.3) is 0 Å². The molecule has 0 aliphatic carbocycles. The van der Waals surface area contributed by atoms with Crippen LogP contribution in [0.25, 0.3) is 0 Å². The first-order chi connectivity index (χ1) is 9.02. The third-order valence-electron chi connectivity index (χ3n) is 4.36. The van der Waals surface area contributed by atoms with Gasteiger partial charge in [0.1, 0.15) is 0 Å². The Morgan fingerprint density at radius 1 is 1.16 bits per heavy atom. The van der Waals surface area contributed by atoms with Gasteiger partial charge in [-0.2, -0.15) is 0 Å². The van der Waals surface area contributed by atoms with Gasteiger partial charge in [-0.05, 0) is 39.4 Å². The summed E-state index contributed by atoms with van der Waals surface area (Å²) in [7, 11) is 4.54. The molecule has 1 N–H and O–H groups in total. The number of hydrogen-bond acceptors (Lipinski definition) is 3. The van der Waals surface area contributed by atoms with E-state index in [-0.39, 0.29) is 0 Å². The molecule has 0 amide bonds. The van der Waals surface area contributed by atoms with E-state index in [9.17, 15) is 0 Å². The lowest BCUT2D eigenvalue weighted by Crippen LogP contribution is -2.52. The molecule has 2 atom stereocenters. The van der Waals surface area contributed by atoms with Gasteiger partial charge >= 0.3 is 0 Å². The molecule has 1 aliphatic heterocycles. The van der Waals surface area contributed by atoms with Crippen molar-refractivity contribution in [3.8, 4) is 0 Å². The number of rotatable bonds is 8. The summed E-state index contributed by atoms with van der Waals surface area (Å²) in [5, 5.41) is 3.69. The molecule has 3 heteroatoms. The number of piperazine rings is 1. The summed E-state index contributed by atoms with van der Waals surface area (Å²) in [6.45, 7) is 11.6. The molecular weight excluding hydrogens is 234 g/mol. The Balaban J connectivity index is 2.37. The highest BCUT2D eigenvalue weighted by Crippen LogP contribution is 2.16. The van der Waals surface area contributed by atoms with Gasteiger partial charge < -0.3 is 15.1 Å². The molecule has 2 unspecified atom stereocenters. The molecule has 1 saturated heterocycles. The Morgan fingerprint density at radius 2 is 1.89 bits per heavy atom. The summed E-state index contributed by atoms with van der Waals surface area (Å²) in [5.41, 5.74) is 0. The average molecular weight is 269 g/mol. The van der Waals surface area contributed by atoms with Crippen LogP contribution in [0, 0.1) is 5.92 Å². The molecule has 0 spiro atoms. The molecule has 0 aromatic carbocycles. The molecule has 1 heterocycles. The van der Waals surface area contributed by atoms with Crippen molar-refractivity contribution in [3.63, 3.8) is 0 Å². The van der Waals surface area contributed by atoms with Crippen LogP contribution in [-0.2, 0) is 0 Å². The van der Waals surface area contributed by atoms with E-state index in [1.165, 1.54) is 45.3 Å². The van der Waals surface area contributed by atoms with Crippen LogP contribution in [0.15, 0.2) is 0 Å². The Hall–Kier alpha value is -0.120. The van der Waals surface area contributed by atoms with Gasteiger partial charge in [-0.15, -0.1) is 0 Å². The summed E-state index contributed by atoms with van der Waals surface area (Å²) in [6, 6.07) is 1.42. The first kappa shape index (κ1) is 16.9. The van der Waals surface area contributed by atoms with E-state index in [2.05, 4.69) is 50.0 Å². The van der Waals surface area contributed by atoms with E-state index in [1.807, 2.05) is 0 Å². The molecule has 3 nitrogen and oxygen atoms in total. The minimum absolute atomic E-state index is 0.697. The average Bonchev–Trinajstić information content (AvgIpc) is 2.33. The Morgan fingerprint density at radius 3 is 2.53 bits per heavy atom. The molecule has 0 bridgehead atoms. The SMILES string of the molecule is CCNC(CCCC(C)C)CC1CN(C)CCN1C. The van der Waals surface area contributed by atoms with E-state index in [0.29, 0.717) is 6.04 Å². The van der Waals surface area contributed by atoms with Crippen LogP contribution in [0.4, 0.5) is 0 Å². The zero-order chi connectivity index (χ0) is 14.3. The molecule has 1 aliphatic rings. The quantitative estimate of drug-likeness (QED) is 0.730. The normalized spacial score (nSPS) is 24.0. The molecule has 0 saturated carbocycles. The second-order valence-electron chi connectivity index (χ2n) is 6.71. The smallest absolute Gasteiger partial charge is 0.0235 e. The predicted octanol–water partition coefficient (Wildman–Crippen LogP) is 2.43. The fraction of sp³-hybridized carbons (Fsp3) is 1.00. The fourth-order valence-corrected chi connectivity index (χ4v) is 3.05. The number of likely N-dealkylation sites (N-methyl/N-ethyl adjacent to an activating group) is 2. The van der Waals surface area contributed by atoms with E-state index in [0.717, 1.165) is 18.5 Å². The monoisotopic (exact) mass is 269 g/mol. The van der Waals surface area contributed by atoms with Crippen LogP contribution in [0.1, 0.15) is 46.5 Å². The Kier molecular flexibility index (Phi) is 7.96. The Labute approximate surface area is 120 Å². The van der Waals surface area contributed by atoms with Gasteiger partial charge in [0.15, 0.2) is 0 Å². The zero-order valence-electron chi connectivity index (χ0n) is 13.8. The second-order valence-corrected chi connectivity index (χ2v) is 6.71. The van der Waals surface area contributed by atoms with Crippen molar-refractivity contribution >= 4 is 0 Å². The number of nitrogens with one attached hydrogen (secondary N) is 1. The maximum atomic E-state index is 3.69. The van der Waals surface area contributed by atoms with Gasteiger partial charge in [-0.1, -0.05) is 33.6 Å². The number of hydrogen-bond donors (Lipinski definition) is 1. The summed E-state index contributed by atoms with van der Waals surface area (Å²) < 4.78 is 0. The summed E-state index contributed by atoms with van der Waals surface area (Å²) in [6.07, 6.45) is 5.36. The fourth-order valence-electron chi connectivity index (χ4n) is 3.05. The summed E-state index contributed by atoms with van der Waals surface area (Å²) >= 11 is 0. The van der Waals surface area contributed by atoms with Crippen molar-refractivity contribution in [1.82, 2.24) is 15.1 Å². The highest BCUT2D eigenvalue weighted by Gasteiger charge is 2.24. The van der Waals surface area contributed by atoms with Crippen molar-refractivity contribution in [2.24, 2.45) is 5.92 Å². The van der Waals surface area contributed by atoms with Crippen molar-refractivity contribution in [2.75, 3.05) is 40.3 Å². The van der Waals surface area contributed by atoms with E-state index in [1.54, 1.807) is 0 Å². The standard InChI is InChI=1S/C16H35N3/c1-6-17-15(9-7-8-14(2)3)12-16-13-18(4)10-11-19(16)5/h14-17H,6-13H2,1-5H3. The lowest BCUT2D eigenvalue weighted by atomic mass is 9.97. The minimum atomic E-state index is 0.697. The highest BCUT2D eigenvalue weighted by atomic mass is 15.3. The molecule has 0 radical (unpaired) electrons. The molecule has 0 aromatic heterocycles. The van der Waals surface area contributed by atoms with Gasteiger partial charge in [0, 0.05) is 31.7 Å². The third kappa shape index (κ3) is 6.73. The second kappa shape index (κ2) is 8.93. The third-order valence-corrected chi connectivity index (χ3v) is 4.36. The van der Waals surface area contributed by atoms with E-state index in [4.69, 9.17) is 0 Å².